The van der Waals surface area contributed by atoms with Gasteiger partial charge in [-0.05, 0) is 111 Å². The molecule has 0 aliphatic rings. The van der Waals surface area contributed by atoms with E-state index in [9.17, 15) is 14.4 Å². The Morgan fingerprint density at radius 2 is 1.00 bits per heavy atom. The van der Waals surface area contributed by atoms with Crippen molar-refractivity contribution in [3.05, 3.63) is 130 Å². The van der Waals surface area contributed by atoms with E-state index in [4.69, 9.17) is 70.8 Å². The number of halogens is 3. The van der Waals surface area contributed by atoms with Gasteiger partial charge in [0.2, 0.25) is 6.08 Å². The number of nitriles is 1. The Kier molecular flexibility index (Phi) is 30.7. The third-order valence-corrected chi connectivity index (χ3v) is 6.78. The summed E-state index contributed by atoms with van der Waals surface area (Å²) >= 11 is 14.4. The van der Waals surface area contributed by atoms with E-state index in [-0.39, 0.29) is 18.5 Å². The van der Waals surface area contributed by atoms with Gasteiger partial charge in [0, 0.05) is 6.61 Å². The largest absolute Gasteiger partial charge is 0.466 e. The molecule has 0 aliphatic carbocycles. The number of benzene rings is 4. The molecule has 0 heterocycles. The summed E-state index contributed by atoms with van der Waals surface area (Å²) < 4.78 is 13.9. The fourth-order valence-electron chi connectivity index (χ4n) is 4.37. The minimum Gasteiger partial charge on any atom is -0.466 e. The van der Waals surface area contributed by atoms with Crippen LogP contribution in [0.4, 0.5) is 5.69 Å². The second-order valence-corrected chi connectivity index (χ2v) is 13.1. The summed E-state index contributed by atoms with van der Waals surface area (Å²) in [5.41, 5.74) is 17.2. The average molecular weight is 830 g/mol. The molecule has 0 saturated carbocycles. The van der Waals surface area contributed by atoms with Crippen molar-refractivity contribution < 1.29 is 33.7 Å². The molecular formula is C42H51Cl3N4O7. The molecule has 0 atom stereocenters. The van der Waals surface area contributed by atoms with E-state index in [1.54, 1.807) is 51.3 Å². The molecule has 4 rings (SSSR count). The molecular weight excluding hydrogens is 779 g/mol. The summed E-state index contributed by atoms with van der Waals surface area (Å²) in [5.74, 6) is 0.127. The number of aliphatic imine (C=N–C) groups is 1. The Balaban J connectivity index is 0.000000854. The maximum absolute atomic E-state index is 11.5. The number of hydrogen-bond donors (Lipinski definition) is 3. The second kappa shape index (κ2) is 33.6. The lowest BCUT2D eigenvalue weighted by Crippen LogP contribution is -2.07. The van der Waals surface area contributed by atoms with Crippen LogP contribution in [-0.2, 0) is 49.5 Å². The molecule has 4 aromatic rings. The van der Waals surface area contributed by atoms with E-state index in [0.717, 1.165) is 54.6 Å². The van der Waals surface area contributed by atoms with Crippen LogP contribution in [0, 0.1) is 11.5 Å². The van der Waals surface area contributed by atoms with Crippen molar-refractivity contribution >= 4 is 58.5 Å². The predicted molar refractivity (Wildman–Crippen MR) is 223 cm³/mol. The minimum atomic E-state index is -0.750. The maximum atomic E-state index is 11.5. The van der Waals surface area contributed by atoms with Gasteiger partial charge in [-0.25, -0.2) is 4.79 Å². The zero-order chi connectivity index (χ0) is 42.0. The quantitative estimate of drug-likeness (QED) is 0.0371. The van der Waals surface area contributed by atoms with Gasteiger partial charge < -0.3 is 30.8 Å². The molecule has 0 spiro atoms. The summed E-state index contributed by atoms with van der Waals surface area (Å²) in [6, 6.07) is 30.6. The molecule has 0 aromatic heterocycles. The number of carbonyl (C=O) groups is 2. The monoisotopic (exact) mass is 828 g/mol. The SMILES string of the molecule is CCO.CCOC(=O)Cc1ccc(Cc2ccc(CC(=O)OCC)cc2)cc1.ClC(Cl)Cl.N#COc1ccc(Cc2ccc(N=C=O)cc2)cc1.NCCCN. The van der Waals surface area contributed by atoms with Crippen LogP contribution in [0.2, 0.25) is 0 Å². The number of aliphatic hydroxyl groups is 1. The number of hydrogen-bond acceptors (Lipinski definition) is 11. The Labute approximate surface area is 345 Å². The molecule has 0 radical (unpaired) electrons. The molecule has 56 heavy (non-hydrogen) atoms. The summed E-state index contributed by atoms with van der Waals surface area (Å²) in [7, 11) is 0. The molecule has 11 nitrogen and oxygen atoms in total. The number of carbonyl (C=O) groups excluding carboxylic acids is 3. The molecule has 5 N–H and O–H groups in total. The number of alkyl halides is 3. The molecule has 0 unspecified atom stereocenters. The summed E-state index contributed by atoms with van der Waals surface area (Å²) in [4.78, 5) is 36.6. The van der Waals surface area contributed by atoms with Crippen molar-refractivity contribution in [3.63, 3.8) is 0 Å². The van der Waals surface area contributed by atoms with E-state index in [1.807, 2.05) is 72.8 Å². The highest BCUT2D eigenvalue weighted by molar-refractivity contribution is 6.63. The van der Waals surface area contributed by atoms with Crippen LogP contribution >= 0.6 is 34.8 Å². The first-order chi connectivity index (χ1) is 27.0. The molecule has 4 aromatic carbocycles. The van der Waals surface area contributed by atoms with Crippen molar-refractivity contribution in [2.24, 2.45) is 16.5 Å². The van der Waals surface area contributed by atoms with E-state index in [2.05, 4.69) is 4.99 Å². The minimum absolute atomic E-state index is 0.201. The van der Waals surface area contributed by atoms with E-state index < -0.39 is 4.30 Å². The van der Waals surface area contributed by atoms with Crippen LogP contribution in [-0.4, -0.2) is 60.3 Å². The first-order valence-corrected chi connectivity index (χ1v) is 19.0. The Morgan fingerprint density at radius 1 is 0.679 bits per heavy atom. The van der Waals surface area contributed by atoms with Gasteiger partial charge in [0.25, 0.3) is 6.26 Å². The van der Waals surface area contributed by atoms with Gasteiger partial charge in [-0.2, -0.15) is 4.99 Å². The standard InChI is InChI=1S/C21H24O4.C15H10N2O2.C3H10N2.C2H6O.CHCl3/c1-3-24-20(22)14-18-9-5-16(6-10-18)13-17-7-11-19(12-8-17)15-21(23)25-4-2;16-10-19-15-7-3-13(4-8-15)9-12-1-5-14(6-2-12)17-11-18;4-2-1-3-5;1-2-3;2-1(3)4/h5-12H,3-4,13-15H2,1-2H3;1-8H,9H2;1-5H2;3H,2H2,1H3;1H. The van der Waals surface area contributed by atoms with Crippen molar-refractivity contribution in [3.8, 4) is 12.0 Å². The first kappa shape index (κ1) is 51.2. The van der Waals surface area contributed by atoms with Gasteiger partial charge >= 0.3 is 11.9 Å². The smallest absolute Gasteiger partial charge is 0.310 e. The van der Waals surface area contributed by atoms with E-state index in [1.165, 1.54) is 17.2 Å². The fourth-order valence-corrected chi connectivity index (χ4v) is 4.37. The zero-order valence-corrected chi connectivity index (χ0v) is 34.2. The second-order valence-electron chi connectivity index (χ2n) is 11.2. The highest BCUT2D eigenvalue weighted by atomic mass is 35.6. The number of isocyanates is 1. The summed E-state index contributed by atoms with van der Waals surface area (Å²) in [6.45, 7) is 7.79. The van der Waals surface area contributed by atoms with Crippen molar-refractivity contribution in [2.45, 2.75) is 57.2 Å². The van der Waals surface area contributed by atoms with Crippen LogP contribution in [0.25, 0.3) is 0 Å². The molecule has 302 valence electrons. The van der Waals surface area contributed by atoms with Crippen LogP contribution in [0.5, 0.6) is 5.75 Å². The molecule has 0 aliphatic heterocycles. The Morgan fingerprint density at radius 3 is 1.29 bits per heavy atom. The first-order valence-electron chi connectivity index (χ1n) is 17.7. The normalized spacial score (nSPS) is 9.45. The summed E-state index contributed by atoms with van der Waals surface area (Å²) in [6.07, 6.45) is 6.25. The van der Waals surface area contributed by atoms with Gasteiger partial charge in [0.1, 0.15) is 5.75 Å². The van der Waals surface area contributed by atoms with Crippen LogP contribution in [0.1, 0.15) is 60.6 Å². The third kappa shape index (κ3) is 26.9. The Bertz CT molecular complexity index is 1650. The van der Waals surface area contributed by atoms with Crippen molar-refractivity contribution in [2.75, 3.05) is 32.9 Å². The Hall–Kier alpha value is -4.76. The molecule has 0 saturated heterocycles. The van der Waals surface area contributed by atoms with E-state index in [0.29, 0.717) is 37.5 Å². The lowest BCUT2D eigenvalue weighted by Gasteiger charge is -2.06. The molecule has 14 heteroatoms. The highest BCUT2D eigenvalue weighted by Crippen LogP contribution is 2.18. The average Bonchev–Trinajstić information content (AvgIpc) is 3.16. The van der Waals surface area contributed by atoms with Crippen LogP contribution in [0.15, 0.2) is 102 Å². The number of nitrogens with zero attached hydrogens (tertiary/aromatic N) is 2. The van der Waals surface area contributed by atoms with Gasteiger partial charge in [-0.15, -0.1) is 5.26 Å². The van der Waals surface area contributed by atoms with Crippen molar-refractivity contribution in [1.82, 2.24) is 0 Å². The number of ether oxygens (including phenoxy) is 3. The number of esters is 2. The molecule has 0 fully saturated rings. The number of nitrogens with two attached hydrogens (primary N) is 2. The van der Waals surface area contributed by atoms with Gasteiger partial charge in [-0.1, -0.05) is 108 Å². The van der Waals surface area contributed by atoms with Crippen LogP contribution in [0.3, 0.4) is 0 Å². The molecule has 0 amide bonds. The van der Waals surface area contributed by atoms with Crippen molar-refractivity contribution in [1.29, 1.82) is 5.26 Å². The van der Waals surface area contributed by atoms with Gasteiger partial charge in [0.05, 0.1) is 31.7 Å². The lowest BCUT2D eigenvalue weighted by molar-refractivity contribution is -0.143. The third-order valence-electron chi connectivity index (χ3n) is 6.78. The van der Waals surface area contributed by atoms with Gasteiger partial charge in [-0.3, -0.25) is 9.59 Å². The molecule has 0 bridgehead atoms. The van der Waals surface area contributed by atoms with E-state index >= 15 is 0 Å². The predicted octanol–water partition coefficient (Wildman–Crippen LogP) is 7.87. The number of rotatable bonds is 14. The fraction of sp³-hybridized carbons (Fsp3) is 0.333. The van der Waals surface area contributed by atoms with Gasteiger partial charge in [0.15, 0.2) is 4.30 Å². The lowest BCUT2D eigenvalue weighted by atomic mass is 10.0. The zero-order valence-electron chi connectivity index (χ0n) is 32.0. The topological polar surface area (TPSA) is 187 Å². The summed E-state index contributed by atoms with van der Waals surface area (Å²) in [5, 5.41) is 16.0. The maximum Gasteiger partial charge on any atom is 0.310 e. The highest BCUT2D eigenvalue weighted by Gasteiger charge is 2.06. The van der Waals surface area contributed by atoms with Crippen LogP contribution < -0.4 is 16.2 Å². The number of aliphatic hydroxyl groups excluding tert-OH is 1.